The topological polar surface area (TPSA) is 54.0 Å². The molecule has 0 atom stereocenters. The number of pyridine rings is 1. The van der Waals surface area contributed by atoms with Crippen LogP contribution in [0.4, 0.5) is 11.5 Å². The molecule has 1 aliphatic heterocycles. The molecule has 2 N–H and O–H groups in total. The van der Waals surface area contributed by atoms with Crippen molar-refractivity contribution in [1.82, 2.24) is 4.98 Å². The van der Waals surface area contributed by atoms with Gasteiger partial charge in [-0.2, -0.15) is 0 Å². The summed E-state index contributed by atoms with van der Waals surface area (Å²) in [5, 5.41) is 6.81. The van der Waals surface area contributed by atoms with Crippen LogP contribution in [-0.2, 0) is 4.79 Å². The van der Waals surface area contributed by atoms with Gasteiger partial charge in [-0.25, -0.2) is 4.98 Å². The van der Waals surface area contributed by atoms with Crippen LogP contribution in [0.1, 0.15) is 38.5 Å². The van der Waals surface area contributed by atoms with Crippen LogP contribution in [0.5, 0.6) is 0 Å². The van der Waals surface area contributed by atoms with Crippen molar-refractivity contribution in [3.8, 4) is 0 Å². The molecule has 0 bridgehead atoms. The van der Waals surface area contributed by atoms with E-state index in [1.54, 1.807) is 12.1 Å². The fourth-order valence-electron chi connectivity index (χ4n) is 2.96. The van der Waals surface area contributed by atoms with Crippen LogP contribution >= 0.6 is 11.6 Å². The summed E-state index contributed by atoms with van der Waals surface area (Å²) in [7, 11) is 0. The van der Waals surface area contributed by atoms with E-state index in [9.17, 15) is 4.79 Å². The zero-order valence-electron chi connectivity index (χ0n) is 10.1. The number of nitrogens with zero attached hydrogens (tertiary/aromatic N) is 1. The van der Waals surface area contributed by atoms with Gasteiger partial charge in [-0.05, 0) is 25.0 Å². The number of halogens is 1. The van der Waals surface area contributed by atoms with Crippen molar-refractivity contribution < 1.29 is 4.79 Å². The van der Waals surface area contributed by atoms with Crippen molar-refractivity contribution in [1.29, 1.82) is 0 Å². The molecule has 1 aromatic rings. The molecule has 1 fully saturated rings. The Hall–Kier alpha value is -1.29. The Morgan fingerprint density at radius 2 is 2.00 bits per heavy atom. The Kier molecular flexibility index (Phi) is 2.90. The Morgan fingerprint density at radius 3 is 2.78 bits per heavy atom. The molecular weight excluding hydrogens is 250 g/mol. The number of amides is 1. The van der Waals surface area contributed by atoms with E-state index in [1.807, 2.05) is 0 Å². The van der Waals surface area contributed by atoms with Gasteiger partial charge < -0.3 is 10.6 Å². The quantitative estimate of drug-likeness (QED) is 0.709. The minimum Gasteiger partial charge on any atom is -0.362 e. The second-order valence-electron chi connectivity index (χ2n) is 5.22. The van der Waals surface area contributed by atoms with Crippen molar-refractivity contribution >= 4 is 29.0 Å². The van der Waals surface area contributed by atoms with Crippen molar-refractivity contribution in [3.05, 3.63) is 17.3 Å². The van der Waals surface area contributed by atoms with Gasteiger partial charge >= 0.3 is 0 Å². The number of rotatable bonds is 0. The highest BCUT2D eigenvalue weighted by molar-refractivity contribution is 6.29. The van der Waals surface area contributed by atoms with Gasteiger partial charge in [-0.15, -0.1) is 0 Å². The van der Waals surface area contributed by atoms with Gasteiger partial charge in [0, 0.05) is 12.0 Å². The zero-order valence-corrected chi connectivity index (χ0v) is 10.9. The Morgan fingerprint density at radius 1 is 1.22 bits per heavy atom. The molecule has 2 heterocycles. The van der Waals surface area contributed by atoms with Gasteiger partial charge in [-0.3, -0.25) is 4.79 Å². The molecule has 1 amide bonds. The lowest BCUT2D eigenvalue weighted by molar-refractivity contribution is -0.117. The van der Waals surface area contributed by atoms with E-state index in [4.69, 9.17) is 11.6 Å². The van der Waals surface area contributed by atoms with Gasteiger partial charge in [0.15, 0.2) is 5.82 Å². The number of anilines is 2. The summed E-state index contributed by atoms with van der Waals surface area (Å²) in [5.41, 5.74) is 0.595. The van der Waals surface area contributed by atoms with Gasteiger partial charge in [0.1, 0.15) is 5.15 Å². The number of hydrogen-bond donors (Lipinski definition) is 2. The van der Waals surface area contributed by atoms with E-state index in [-0.39, 0.29) is 11.4 Å². The number of nitrogens with one attached hydrogen (secondary N) is 2. The predicted octanol–water partition coefficient (Wildman–Crippen LogP) is 3.19. The first kappa shape index (κ1) is 11.8. The van der Waals surface area contributed by atoms with Crippen molar-refractivity contribution in [2.45, 2.75) is 44.1 Å². The van der Waals surface area contributed by atoms with Gasteiger partial charge in [0.2, 0.25) is 5.91 Å². The third-order valence-electron chi connectivity index (χ3n) is 3.83. The molecular formula is C13H16ClN3O. The lowest BCUT2D eigenvalue weighted by Crippen LogP contribution is -2.42. The Balaban J connectivity index is 1.98. The Bertz CT molecular complexity index is 483. The maximum absolute atomic E-state index is 12.0. The maximum Gasteiger partial charge on any atom is 0.226 e. The molecule has 4 nitrogen and oxygen atoms in total. The third kappa shape index (κ3) is 2.17. The first-order valence-electron chi connectivity index (χ1n) is 6.42. The van der Waals surface area contributed by atoms with E-state index in [0.29, 0.717) is 17.4 Å². The largest absolute Gasteiger partial charge is 0.362 e. The van der Waals surface area contributed by atoms with Gasteiger partial charge in [-0.1, -0.05) is 30.9 Å². The Labute approximate surface area is 111 Å². The van der Waals surface area contributed by atoms with Crippen LogP contribution in [0, 0.1) is 0 Å². The second kappa shape index (κ2) is 4.43. The SMILES string of the molecule is O=C1CC2(CCCCC2)Nc2nc(Cl)ccc2N1. The number of carbonyl (C=O) groups is 1. The molecule has 1 spiro atoms. The summed E-state index contributed by atoms with van der Waals surface area (Å²) in [5.74, 6) is 0.766. The minimum absolute atomic E-state index is 0.0623. The number of fused-ring (bicyclic) bond motifs is 1. The molecule has 1 aromatic heterocycles. The summed E-state index contributed by atoms with van der Waals surface area (Å²) in [4.78, 5) is 16.3. The van der Waals surface area contributed by atoms with Crippen molar-refractivity contribution in [2.24, 2.45) is 0 Å². The molecule has 0 aromatic carbocycles. The molecule has 0 unspecified atom stereocenters. The monoisotopic (exact) mass is 265 g/mol. The van der Waals surface area contributed by atoms with Crippen molar-refractivity contribution in [3.63, 3.8) is 0 Å². The van der Waals surface area contributed by atoms with Gasteiger partial charge in [0.05, 0.1) is 5.69 Å². The van der Waals surface area contributed by atoms with Crippen LogP contribution in [0.15, 0.2) is 12.1 Å². The van der Waals surface area contributed by atoms with Crippen molar-refractivity contribution in [2.75, 3.05) is 10.6 Å². The fourth-order valence-corrected chi connectivity index (χ4v) is 3.11. The summed E-state index contributed by atoms with van der Waals surface area (Å²) < 4.78 is 0. The number of hydrogen-bond acceptors (Lipinski definition) is 3. The summed E-state index contributed by atoms with van der Waals surface area (Å²) in [6, 6.07) is 3.50. The summed E-state index contributed by atoms with van der Waals surface area (Å²) in [6.45, 7) is 0. The average molecular weight is 266 g/mol. The molecule has 0 radical (unpaired) electrons. The molecule has 2 aliphatic rings. The molecule has 5 heteroatoms. The van der Waals surface area contributed by atoms with E-state index in [1.165, 1.54) is 6.42 Å². The first-order chi connectivity index (χ1) is 8.67. The molecule has 1 saturated carbocycles. The first-order valence-corrected chi connectivity index (χ1v) is 6.79. The molecule has 96 valence electrons. The van der Waals surface area contributed by atoms with Crippen LogP contribution in [0.3, 0.4) is 0 Å². The second-order valence-corrected chi connectivity index (χ2v) is 5.61. The van der Waals surface area contributed by atoms with Gasteiger partial charge in [0.25, 0.3) is 0 Å². The van der Waals surface area contributed by atoms with Crippen LogP contribution in [-0.4, -0.2) is 16.4 Å². The van der Waals surface area contributed by atoms with E-state index in [2.05, 4.69) is 15.6 Å². The van der Waals surface area contributed by atoms with E-state index in [0.717, 1.165) is 31.4 Å². The highest BCUT2D eigenvalue weighted by Crippen LogP contribution is 2.38. The molecule has 1 aliphatic carbocycles. The lowest BCUT2D eigenvalue weighted by Gasteiger charge is -2.36. The highest BCUT2D eigenvalue weighted by Gasteiger charge is 2.37. The van der Waals surface area contributed by atoms with Crippen LogP contribution in [0.25, 0.3) is 0 Å². The van der Waals surface area contributed by atoms with Crippen LogP contribution < -0.4 is 10.6 Å². The lowest BCUT2D eigenvalue weighted by atomic mass is 9.79. The van der Waals surface area contributed by atoms with E-state index >= 15 is 0 Å². The van der Waals surface area contributed by atoms with Crippen LogP contribution in [0.2, 0.25) is 5.15 Å². The van der Waals surface area contributed by atoms with E-state index < -0.39 is 0 Å². The zero-order chi connectivity index (χ0) is 12.6. The number of aromatic nitrogens is 1. The standard InChI is InChI=1S/C13H16ClN3O/c14-10-5-4-9-12(16-10)17-13(8-11(18)15-9)6-2-1-3-7-13/h4-5H,1-3,6-8H2,(H,15,18)(H,16,17). The molecule has 18 heavy (non-hydrogen) atoms. The molecule has 0 saturated heterocycles. The maximum atomic E-state index is 12.0. The fraction of sp³-hybridized carbons (Fsp3) is 0.538. The minimum atomic E-state index is -0.134. The highest BCUT2D eigenvalue weighted by atomic mass is 35.5. The molecule has 3 rings (SSSR count). The normalized spacial score (nSPS) is 21.7. The third-order valence-corrected chi connectivity index (χ3v) is 4.04. The average Bonchev–Trinajstić information content (AvgIpc) is 2.45. The predicted molar refractivity (Wildman–Crippen MR) is 71.9 cm³/mol. The smallest absolute Gasteiger partial charge is 0.226 e. The summed E-state index contributed by atoms with van der Waals surface area (Å²) >= 11 is 5.93. The number of carbonyl (C=O) groups excluding carboxylic acids is 1. The summed E-state index contributed by atoms with van der Waals surface area (Å²) in [6.07, 6.45) is 6.14.